The average molecular weight is 253 g/mol. The molecule has 3 N–H and O–H groups in total. The topological polar surface area (TPSA) is 67.6 Å². The van der Waals surface area contributed by atoms with Crippen molar-refractivity contribution in [2.24, 2.45) is 5.73 Å². The fourth-order valence-corrected chi connectivity index (χ4v) is 2.03. The average Bonchev–Trinajstić information content (AvgIpc) is 2.71. The summed E-state index contributed by atoms with van der Waals surface area (Å²) in [5.74, 6) is -0.233. The van der Waals surface area contributed by atoms with Gasteiger partial charge in [0.2, 0.25) is 0 Å². The third-order valence-corrected chi connectivity index (χ3v) is 2.97. The van der Waals surface area contributed by atoms with E-state index >= 15 is 0 Å². The minimum atomic E-state index is -0.429. The predicted octanol–water partition coefficient (Wildman–Crippen LogP) is 0.859. The molecule has 0 aromatic heterocycles. The van der Waals surface area contributed by atoms with E-state index in [0.717, 1.165) is 5.56 Å². The first kappa shape index (κ1) is 12.6. The molecule has 0 spiro atoms. The Morgan fingerprint density at radius 1 is 1.61 bits per heavy atom. The summed E-state index contributed by atoms with van der Waals surface area (Å²) in [6.07, 6.45) is 0. The molecule has 1 saturated heterocycles. The highest BCUT2D eigenvalue weighted by atomic mass is 19.1. The Morgan fingerprint density at radius 3 is 3.00 bits per heavy atom. The van der Waals surface area contributed by atoms with Gasteiger partial charge in [-0.1, -0.05) is 6.07 Å². The standard InChI is InChI=1S/C12H16FN3O2/c1-18-11-3-2-8(6-9(11)13)10-7-16(5-4-14)12(17)15-10/h2-3,6,10H,4-5,7,14H2,1H3,(H,15,17). The molecule has 1 aromatic carbocycles. The van der Waals surface area contributed by atoms with Gasteiger partial charge >= 0.3 is 6.03 Å². The van der Waals surface area contributed by atoms with Gasteiger partial charge in [0.25, 0.3) is 0 Å². The molecular formula is C12H16FN3O2. The Hall–Kier alpha value is -1.82. The minimum Gasteiger partial charge on any atom is -0.494 e. The maximum atomic E-state index is 13.6. The molecule has 18 heavy (non-hydrogen) atoms. The number of carbonyl (C=O) groups excluding carboxylic acids is 1. The van der Waals surface area contributed by atoms with Crippen LogP contribution in [0, 0.1) is 5.82 Å². The Kier molecular flexibility index (Phi) is 3.66. The molecule has 1 atom stereocenters. The second-order valence-corrected chi connectivity index (χ2v) is 4.13. The highest BCUT2D eigenvalue weighted by Crippen LogP contribution is 2.25. The molecule has 1 aliphatic rings. The lowest BCUT2D eigenvalue weighted by Gasteiger charge is -2.13. The summed E-state index contributed by atoms with van der Waals surface area (Å²) in [5.41, 5.74) is 6.14. The van der Waals surface area contributed by atoms with Crippen LogP contribution in [0.3, 0.4) is 0 Å². The summed E-state index contributed by atoms with van der Waals surface area (Å²) in [6.45, 7) is 1.42. The third kappa shape index (κ3) is 2.38. The van der Waals surface area contributed by atoms with Crippen molar-refractivity contribution in [3.63, 3.8) is 0 Å². The van der Waals surface area contributed by atoms with Crippen LogP contribution in [0.5, 0.6) is 5.75 Å². The summed E-state index contributed by atoms with van der Waals surface area (Å²) in [5, 5.41) is 2.79. The molecular weight excluding hydrogens is 237 g/mol. The van der Waals surface area contributed by atoms with Crippen LogP contribution < -0.4 is 15.8 Å². The lowest BCUT2D eigenvalue weighted by atomic mass is 10.1. The van der Waals surface area contributed by atoms with E-state index in [4.69, 9.17) is 10.5 Å². The van der Waals surface area contributed by atoms with Crippen molar-refractivity contribution in [3.05, 3.63) is 29.6 Å². The van der Waals surface area contributed by atoms with Gasteiger partial charge in [0.1, 0.15) is 0 Å². The zero-order chi connectivity index (χ0) is 13.1. The normalized spacial score (nSPS) is 18.9. The van der Waals surface area contributed by atoms with E-state index in [1.807, 2.05) is 0 Å². The number of urea groups is 1. The summed E-state index contributed by atoms with van der Waals surface area (Å²) in [4.78, 5) is 13.2. The Morgan fingerprint density at radius 2 is 2.39 bits per heavy atom. The fourth-order valence-electron chi connectivity index (χ4n) is 2.03. The van der Waals surface area contributed by atoms with E-state index in [1.54, 1.807) is 17.0 Å². The molecule has 1 aliphatic heterocycles. The van der Waals surface area contributed by atoms with E-state index in [-0.39, 0.29) is 17.8 Å². The molecule has 98 valence electrons. The van der Waals surface area contributed by atoms with Crippen molar-refractivity contribution in [1.29, 1.82) is 0 Å². The molecule has 2 amide bonds. The zero-order valence-electron chi connectivity index (χ0n) is 10.1. The number of nitrogens with two attached hydrogens (primary N) is 1. The van der Waals surface area contributed by atoms with Gasteiger partial charge in [0.05, 0.1) is 13.2 Å². The zero-order valence-corrected chi connectivity index (χ0v) is 10.1. The van der Waals surface area contributed by atoms with E-state index in [0.29, 0.717) is 19.6 Å². The number of nitrogens with zero attached hydrogens (tertiary/aromatic N) is 1. The van der Waals surface area contributed by atoms with Crippen LogP contribution in [0.4, 0.5) is 9.18 Å². The molecule has 2 rings (SSSR count). The maximum absolute atomic E-state index is 13.6. The van der Waals surface area contributed by atoms with E-state index < -0.39 is 5.82 Å². The first-order valence-corrected chi connectivity index (χ1v) is 5.74. The fraction of sp³-hybridized carbons (Fsp3) is 0.417. The molecule has 0 bridgehead atoms. The van der Waals surface area contributed by atoms with Crippen molar-refractivity contribution in [2.75, 3.05) is 26.7 Å². The number of methoxy groups -OCH3 is 1. The third-order valence-electron chi connectivity index (χ3n) is 2.97. The van der Waals surface area contributed by atoms with Gasteiger partial charge < -0.3 is 20.7 Å². The van der Waals surface area contributed by atoms with Gasteiger partial charge in [-0.3, -0.25) is 0 Å². The lowest BCUT2D eigenvalue weighted by molar-refractivity contribution is 0.218. The van der Waals surface area contributed by atoms with Crippen LogP contribution in [0.1, 0.15) is 11.6 Å². The molecule has 1 unspecified atom stereocenters. The molecule has 6 heteroatoms. The quantitative estimate of drug-likeness (QED) is 0.836. The van der Waals surface area contributed by atoms with Crippen LogP contribution in [0.15, 0.2) is 18.2 Å². The molecule has 1 aromatic rings. The monoisotopic (exact) mass is 253 g/mol. The van der Waals surface area contributed by atoms with Gasteiger partial charge in [-0.05, 0) is 17.7 Å². The molecule has 0 radical (unpaired) electrons. The Bertz CT molecular complexity index is 453. The van der Waals surface area contributed by atoms with Gasteiger partial charge in [0.15, 0.2) is 11.6 Å². The smallest absolute Gasteiger partial charge is 0.318 e. The minimum absolute atomic E-state index is 0.165. The molecule has 1 fully saturated rings. The predicted molar refractivity (Wildman–Crippen MR) is 64.9 cm³/mol. The highest BCUT2D eigenvalue weighted by Gasteiger charge is 2.29. The first-order chi connectivity index (χ1) is 8.65. The van der Waals surface area contributed by atoms with Crippen LogP contribution >= 0.6 is 0 Å². The number of rotatable bonds is 4. The van der Waals surface area contributed by atoms with Gasteiger partial charge in [-0.15, -0.1) is 0 Å². The first-order valence-electron chi connectivity index (χ1n) is 5.74. The van der Waals surface area contributed by atoms with E-state index in [9.17, 15) is 9.18 Å². The van der Waals surface area contributed by atoms with E-state index in [1.165, 1.54) is 13.2 Å². The van der Waals surface area contributed by atoms with Crippen molar-refractivity contribution in [1.82, 2.24) is 10.2 Å². The molecule has 0 aliphatic carbocycles. The number of nitrogens with one attached hydrogen (secondary N) is 1. The van der Waals surface area contributed by atoms with Crippen molar-refractivity contribution in [3.8, 4) is 5.75 Å². The summed E-state index contributed by atoms with van der Waals surface area (Å²) >= 11 is 0. The summed E-state index contributed by atoms with van der Waals surface area (Å²) < 4.78 is 18.4. The molecule has 0 saturated carbocycles. The number of ether oxygens (including phenoxy) is 1. The molecule has 5 nitrogen and oxygen atoms in total. The van der Waals surface area contributed by atoms with Crippen molar-refractivity contribution in [2.45, 2.75) is 6.04 Å². The second kappa shape index (κ2) is 5.22. The second-order valence-electron chi connectivity index (χ2n) is 4.13. The number of hydrogen-bond donors (Lipinski definition) is 2. The summed E-state index contributed by atoms with van der Waals surface area (Å²) in [7, 11) is 1.42. The van der Waals surface area contributed by atoms with Gasteiger partial charge in [-0.2, -0.15) is 0 Å². The number of amides is 2. The van der Waals surface area contributed by atoms with Crippen molar-refractivity contribution >= 4 is 6.03 Å². The van der Waals surface area contributed by atoms with Crippen LogP contribution in [-0.2, 0) is 0 Å². The number of carbonyl (C=O) groups is 1. The SMILES string of the molecule is COc1ccc(C2CN(CCN)C(=O)N2)cc1F. The Labute approximate surface area is 105 Å². The lowest BCUT2D eigenvalue weighted by Crippen LogP contribution is -2.32. The van der Waals surface area contributed by atoms with Gasteiger partial charge in [-0.25, -0.2) is 9.18 Å². The number of hydrogen-bond acceptors (Lipinski definition) is 3. The maximum Gasteiger partial charge on any atom is 0.318 e. The highest BCUT2D eigenvalue weighted by molar-refractivity contribution is 5.77. The molecule has 1 heterocycles. The van der Waals surface area contributed by atoms with E-state index in [2.05, 4.69) is 5.32 Å². The largest absolute Gasteiger partial charge is 0.494 e. The number of benzene rings is 1. The van der Waals surface area contributed by atoms with Gasteiger partial charge in [0, 0.05) is 19.6 Å². The number of halogens is 1. The van der Waals surface area contributed by atoms with Crippen molar-refractivity contribution < 1.29 is 13.9 Å². The summed E-state index contributed by atoms with van der Waals surface area (Å²) in [6, 6.07) is 4.32. The van der Waals surface area contributed by atoms with Crippen LogP contribution in [-0.4, -0.2) is 37.7 Å². The van der Waals surface area contributed by atoms with Crippen LogP contribution in [0.25, 0.3) is 0 Å². The van der Waals surface area contributed by atoms with Crippen LogP contribution in [0.2, 0.25) is 0 Å². The Balaban J connectivity index is 2.13.